The summed E-state index contributed by atoms with van der Waals surface area (Å²) in [6.45, 7) is 0. The molecular weight excluding hydrogens is 606 g/mol. The predicted molar refractivity (Wildman–Crippen MR) is 190 cm³/mol. The molecular formula is C41H34ClNO2S. The molecule has 0 aliphatic heterocycles. The fourth-order valence-electron chi connectivity index (χ4n) is 6.02. The van der Waals surface area contributed by atoms with Crippen LogP contribution in [0.2, 0.25) is 5.02 Å². The third kappa shape index (κ3) is 6.12. The van der Waals surface area contributed by atoms with Crippen LogP contribution in [0.5, 0.6) is 0 Å². The molecule has 6 rings (SSSR count). The van der Waals surface area contributed by atoms with Gasteiger partial charge in [0.25, 0.3) is 0 Å². The minimum Gasteiger partial charge on any atom is -0.443 e. The van der Waals surface area contributed by atoms with Crippen LogP contribution in [0.1, 0.15) is 33.4 Å². The van der Waals surface area contributed by atoms with Gasteiger partial charge < -0.3 is 10.5 Å². The topological polar surface area (TPSA) is 52.3 Å². The Labute approximate surface area is 280 Å². The number of rotatable bonds is 11. The van der Waals surface area contributed by atoms with Crippen LogP contribution < -0.4 is 5.73 Å². The Kier molecular flexibility index (Phi) is 9.70. The van der Waals surface area contributed by atoms with Crippen molar-refractivity contribution in [1.29, 1.82) is 0 Å². The maximum absolute atomic E-state index is 14.3. The molecule has 5 heteroatoms. The molecule has 0 heterocycles. The lowest BCUT2D eigenvalue weighted by Crippen LogP contribution is -2.43. The van der Waals surface area contributed by atoms with Crippen LogP contribution in [0.15, 0.2) is 176 Å². The summed E-state index contributed by atoms with van der Waals surface area (Å²) in [7, 11) is 0. The summed E-state index contributed by atoms with van der Waals surface area (Å²) in [4.78, 5) is 14.3. The number of nitrogens with two attached hydrogens (primary N) is 1. The van der Waals surface area contributed by atoms with Crippen molar-refractivity contribution in [3.63, 3.8) is 0 Å². The largest absolute Gasteiger partial charge is 0.443 e. The van der Waals surface area contributed by atoms with Crippen LogP contribution in [0.3, 0.4) is 0 Å². The van der Waals surface area contributed by atoms with Gasteiger partial charge in [-0.2, -0.15) is 0 Å². The first-order valence-electron chi connectivity index (χ1n) is 15.2. The maximum atomic E-state index is 14.3. The molecule has 0 aromatic heterocycles. The van der Waals surface area contributed by atoms with E-state index in [9.17, 15) is 4.79 Å². The van der Waals surface area contributed by atoms with Crippen molar-refractivity contribution in [2.24, 2.45) is 5.73 Å². The second kappa shape index (κ2) is 14.2. The standard InChI is InChI=1S/C41H34ClNO2S/c42-37-29-17-16-28-36(37)40(31-18-6-1-7-19-31,32-20-8-2-9-21-32)45-39(44)38(43)30-46-41(33-22-10-3-11-23-33,34-24-12-4-13-25-34)35-26-14-5-15-27-35/h1-29,38H,30,43H2/t38-/m1/s1. The van der Waals surface area contributed by atoms with Gasteiger partial charge in [-0.15, -0.1) is 11.8 Å². The van der Waals surface area contributed by atoms with E-state index < -0.39 is 22.4 Å². The third-order valence-electron chi connectivity index (χ3n) is 8.19. The molecule has 6 aromatic carbocycles. The monoisotopic (exact) mass is 639 g/mol. The molecule has 0 spiro atoms. The Morgan fingerprint density at radius 1 is 0.565 bits per heavy atom. The smallest absolute Gasteiger partial charge is 0.325 e. The average Bonchev–Trinajstić information content (AvgIpc) is 3.13. The van der Waals surface area contributed by atoms with E-state index in [0.717, 1.165) is 27.8 Å². The molecule has 0 saturated carbocycles. The summed E-state index contributed by atoms with van der Waals surface area (Å²) in [6, 6.07) is 57.0. The Morgan fingerprint density at radius 2 is 0.913 bits per heavy atom. The maximum Gasteiger partial charge on any atom is 0.325 e. The SMILES string of the molecule is N[C@H](CSC(c1ccccc1)(c1ccccc1)c1ccccc1)C(=O)OC(c1ccccc1)(c1ccccc1)c1ccccc1Cl. The molecule has 0 amide bonds. The lowest BCUT2D eigenvalue weighted by Gasteiger charge is -2.38. The summed E-state index contributed by atoms with van der Waals surface area (Å²) < 4.78 is 6.03. The van der Waals surface area contributed by atoms with Gasteiger partial charge in [-0.05, 0) is 22.8 Å². The zero-order chi connectivity index (χ0) is 31.8. The molecule has 0 unspecified atom stereocenters. The zero-order valence-electron chi connectivity index (χ0n) is 25.2. The number of halogens is 1. The normalized spacial score (nSPS) is 12.3. The molecule has 1 atom stereocenters. The number of esters is 1. The second-order valence-electron chi connectivity index (χ2n) is 11.0. The quantitative estimate of drug-likeness (QED) is 0.113. The molecule has 6 aromatic rings. The van der Waals surface area contributed by atoms with Crippen molar-refractivity contribution in [3.05, 3.63) is 214 Å². The third-order valence-corrected chi connectivity index (χ3v) is 10.2. The van der Waals surface area contributed by atoms with Crippen LogP contribution >= 0.6 is 23.4 Å². The van der Waals surface area contributed by atoms with Gasteiger partial charge in [0, 0.05) is 27.5 Å². The van der Waals surface area contributed by atoms with Crippen LogP contribution in [-0.2, 0) is 19.9 Å². The van der Waals surface area contributed by atoms with Gasteiger partial charge in [-0.1, -0.05) is 181 Å². The van der Waals surface area contributed by atoms with E-state index in [1.165, 1.54) is 0 Å². The highest BCUT2D eigenvalue weighted by atomic mass is 35.5. The van der Waals surface area contributed by atoms with Gasteiger partial charge in [-0.3, -0.25) is 4.79 Å². The molecule has 0 aliphatic carbocycles. The van der Waals surface area contributed by atoms with Crippen molar-refractivity contribution >= 4 is 29.3 Å². The van der Waals surface area contributed by atoms with E-state index in [1.54, 1.807) is 11.8 Å². The Balaban J connectivity index is 1.41. The van der Waals surface area contributed by atoms with Crippen molar-refractivity contribution < 1.29 is 9.53 Å². The van der Waals surface area contributed by atoms with Crippen LogP contribution in [-0.4, -0.2) is 17.8 Å². The van der Waals surface area contributed by atoms with Crippen LogP contribution in [0.4, 0.5) is 0 Å². The van der Waals surface area contributed by atoms with E-state index in [4.69, 9.17) is 22.1 Å². The molecule has 0 bridgehead atoms. The summed E-state index contributed by atoms with van der Waals surface area (Å²) >= 11 is 8.50. The van der Waals surface area contributed by atoms with Gasteiger partial charge in [0.15, 0.2) is 5.60 Å². The zero-order valence-corrected chi connectivity index (χ0v) is 26.8. The number of hydrogen-bond acceptors (Lipinski definition) is 4. The van der Waals surface area contributed by atoms with E-state index >= 15 is 0 Å². The molecule has 228 valence electrons. The first kappa shape index (κ1) is 31.4. The predicted octanol–water partition coefficient (Wildman–Crippen LogP) is 9.23. The highest BCUT2D eigenvalue weighted by molar-refractivity contribution is 8.00. The summed E-state index contributed by atoms with van der Waals surface area (Å²) in [6.07, 6.45) is 0. The van der Waals surface area contributed by atoms with Gasteiger partial charge in [-0.25, -0.2) is 0 Å². The summed E-state index contributed by atoms with van der Waals surface area (Å²) in [5, 5.41) is 0.488. The van der Waals surface area contributed by atoms with Crippen molar-refractivity contribution in [2.45, 2.75) is 16.4 Å². The Hall–Kier alpha value is -4.61. The van der Waals surface area contributed by atoms with Gasteiger partial charge >= 0.3 is 5.97 Å². The number of benzene rings is 6. The van der Waals surface area contributed by atoms with E-state index in [1.807, 2.05) is 140 Å². The fourth-order valence-corrected chi connectivity index (χ4v) is 7.76. The lowest BCUT2D eigenvalue weighted by atomic mass is 9.80. The van der Waals surface area contributed by atoms with E-state index in [2.05, 4.69) is 36.4 Å². The van der Waals surface area contributed by atoms with Gasteiger partial charge in [0.2, 0.25) is 0 Å². The minimum atomic E-state index is -1.32. The Bertz CT molecular complexity index is 1720. The first-order chi connectivity index (χ1) is 22.6. The molecule has 0 fully saturated rings. The molecule has 0 radical (unpaired) electrons. The second-order valence-corrected chi connectivity index (χ2v) is 12.7. The van der Waals surface area contributed by atoms with Crippen molar-refractivity contribution in [3.8, 4) is 0 Å². The first-order valence-corrected chi connectivity index (χ1v) is 16.6. The number of carbonyl (C=O) groups excluding carboxylic acids is 1. The molecule has 0 aliphatic rings. The Morgan fingerprint density at radius 3 is 1.30 bits per heavy atom. The van der Waals surface area contributed by atoms with Crippen LogP contribution in [0, 0.1) is 0 Å². The van der Waals surface area contributed by atoms with E-state index in [0.29, 0.717) is 16.3 Å². The average molecular weight is 640 g/mol. The summed E-state index contributed by atoms with van der Waals surface area (Å²) in [5.74, 6) is -0.233. The summed E-state index contributed by atoms with van der Waals surface area (Å²) in [5.41, 5.74) is 11.0. The van der Waals surface area contributed by atoms with E-state index in [-0.39, 0.29) is 0 Å². The molecule has 3 nitrogen and oxygen atoms in total. The number of carbonyl (C=O) groups is 1. The van der Waals surface area contributed by atoms with Gasteiger partial charge in [0.05, 0.1) is 4.75 Å². The highest BCUT2D eigenvalue weighted by Crippen LogP contribution is 2.49. The van der Waals surface area contributed by atoms with Gasteiger partial charge in [0.1, 0.15) is 6.04 Å². The van der Waals surface area contributed by atoms with Crippen LogP contribution in [0.25, 0.3) is 0 Å². The molecule has 0 saturated heterocycles. The van der Waals surface area contributed by atoms with Crippen molar-refractivity contribution in [1.82, 2.24) is 0 Å². The highest BCUT2D eigenvalue weighted by Gasteiger charge is 2.44. The minimum absolute atomic E-state index is 0.291. The molecule has 2 N–H and O–H groups in total. The molecule has 46 heavy (non-hydrogen) atoms. The number of hydrogen-bond donors (Lipinski definition) is 1. The number of ether oxygens (including phenoxy) is 1. The fraction of sp³-hybridized carbons (Fsp3) is 0.0976. The van der Waals surface area contributed by atoms with Crippen molar-refractivity contribution in [2.75, 3.05) is 5.75 Å². The number of thioether (sulfide) groups is 1. The lowest BCUT2D eigenvalue weighted by molar-refractivity contribution is -0.154.